The van der Waals surface area contributed by atoms with Crippen molar-refractivity contribution in [2.75, 3.05) is 13.2 Å². The largest absolute Gasteiger partial charge is 0.483 e. The van der Waals surface area contributed by atoms with E-state index in [4.69, 9.17) is 9.15 Å². The first kappa shape index (κ1) is 19.6. The minimum atomic E-state index is -0.788. The van der Waals surface area contributed by atoms with Gasteiger partial charge in [-0.1, -0.05) is 30.3 Å². The number of aliphatic hydroxyl groups excluding tert-OH is 1. The first-order chi connectivity index (χ1) is 13.4. The molecule has 3 rings (SSSR count). The molecular weight excluding hydrogens is 358 g/mol. The highest BCUT2D eigenvalue weighted by molar-refractivity contribution is 5.88. The molecule has 0 spiro atoms. The van der Waals surface area contributed by atoms with Crippen molar-refractivity contribution < 1.29 is 19.1 Å². The Balaban J connectivity index is 1.70. The van der Waals surface area contributed by atoms with E-state index in [9.17, 15) is 14.7 Å². The van der Waals surface area contributed by atoms with E-state index in [-0.39, 0.29) is 24.7 Å². The smallest absolute Gasteiger partial charge is 0.339 e. The maximum absolute atomic E-state index is 12.2. The van der Waals surface area contributed by atoms with Gasteiger partial charge >= 0.3 is 5.63 Å². The number of rotatable bonds is 6. The molecule has 0 radical (unpaired) electrons. The number of hydrogen-bond acceptors (Lipinski definition) is 5. The number of fused-ring (bicyclic) bond motifs is 1. The quantitative estimate of drug-likeness (QED) is 0.641. The molecule has 0 bridgehead atoms. The van der Waals surface area contributed by atoms with Gasteiger partial charge in [0.15, 0.2) is 6.61 Å². The number of carbonyl (C=O) groups is 1. The number of nitrogens with one attached hydrogen (secondary N) is 1. The van der Waals surface area contributed by atoms with Gasteiger partial charge in [0.05, 0.1) is 11.5 Å². The average Bonchev–Trinajstić information content (AvgIpc) is 2.68. The van der Waals surface area contributed by atoms with Crippen LogP contribution >= 0.6 is 0 Å². The summed E-state index contributed by atoms with van der Waals surface area (Å²) in [5, 5.41) is 13.5. The van der Waals surface area contributed by atoms with E-state index >= 15 is 0 Å². The second kappa shape index (κ2) is 8.27. The number of carbonyl (C=O) groups excluding carboxylic acids is 1. The fourth-order valence-electron chi connectivity index (χ4n) is 3.00. The summed E-state index contributed by atoms with van der Waals surface area (Å²) in [5.41, 5.74) is 2.92. The number of aryl methyl sites for hydroxylation is 2. The zero-order chi connectivity index (χ0) is 20.3. The first-order valence-electron chi connectivity index (χ1n) is 9.04. The van der Waals surface area contributed by atoms with Crippen LogP contribution in [0.25, 0.3) is 11.0 Å². The minimum absolute atomic E-state index is 0.0911. The standard InChI is InChI=1S/C22H23NO5/c1-13-9-18(21-14(2)15(3)22(26)28-19(21)10-13)27-12-20(25)23-11-17(24)16-7-5-4-6-8-16/h4-10,17,24H,11-12H2,1-3H3,(H,23,25)/t17-/m0/s1. The van der Waals surface area contributed by atoms with Crippen molar-refractivity contribution in [2.45, 2.75) is 26.9 Å². The van der Waals surface area contributed by atoms with Crippen LogP contribution in [0, 0.1) is 20.8 Å². The molecule has 1 aromatic heterocycles. The lowest BCUT2D eigenvalue weighted by molar-refractivity contribution is -0.123. The number of amides is 1. The number of benzene rings is 2. The predicted octanol–water partition coefficient (Wildman–Crippen LogP) is 2.95. The lowest BCUT2D eigenvalue weighted by Gasteiger charge is -2.14. The third-order valence-corrected chi connectivity index (χ3v) is 4.69. The molecule has 0 saturated carbocycles. The van der Waals surface area contributed by atoms with Crippen molar-refractivity contribution in [1.29, 1.82) is 0 Å². The fourth-order valence-corrected chi connectivity index (χ4v) is 3.00. The lowest BCUT2D eigenvalue weighted by Crippen LogP contribution is -2.32. The molecule has 28 heavy (non-hydrogen) atoms. The molecule has 0 saturated heterocycles. The molecule has 6 nitrogen and oxygen atoms in total. The van der Waals surface area contributed by atoms with E-state index in [2.05, 4.69) is 5.32 Å². The van der Waals surface area contributed by atoms with Crippen molar-refractivity contribution in [3.05, 3.63) is 75.1 Å². The van der Waals surface area contributed by atoms with Gasteiger partial charge < -0.3 is 19.6 Å². The Morgan fingerprint density at radius 1 is 1.14 bits per heavy atom. The summed E-state index contributed by atoms with van der Waals surface area (Å²) in [5.74, 6) is 0.134. The van der Waals surface area contributed by atoms with Crippen LogP contribution in [0.5, 0.6) is 5.75 Å². The summed E-state index contributed by atoms with van der Waals surface area (Å²) in [6.07, 6.45) is -0.788. The normalized spacial score (nSPS) is 12.0. The van der Waals surface area contributed by atoms with E-state index < -0.39 is 6.10 Å². The molecule has 2 aromatic carbocycles. The molecule has 0 unspecified atom stereocenters. The minimum Gasteiger partial charge on any atom is -0.483 e. The molecule has 0 aliphatic heterocycles. The summed E-state index contributed by atoms with van der Waals surface area (Å²) in [6.45, 7) is 5.26. The Morgan fingerprint density at radius 3 is 2.57 bits per heavy atom. The van der Waals surface area contributed by atoms with Crippen LogP contribution in [0.4, 0.5) is 0 Å². The molecule has 1 amide bonds. The van der Waals surface area contributed by atoms with Gasteiger partial charge in [0.2, 0.25) is 0 Å². The summed E-state index contributed by atoms with van der Waals surface area (Å²) in [6, 6.07) is 12.7. The van der Waals surface area contributed by atoms with Crippen LogP contribution in [-0.4, -0.2) is 24.2 Å². The average molecular weight is 381 g/mol. The molecule has 146 valence electrons. The Labute approximate surface area is 162 Å². The van der Waals surface area contributed by atoms with Gasteiger partial charge in [-0.25, -0.2) is 4.79 Å². The first-order valence-corrected chi connectivity index (χ1v) is 9.04. The van der Waals surface area contributed by atoms with E-state index in [0.717, 1.165) is 16.7 Å². The van der Waals surface area contributed by atoms with Crippen LogP contribution in [0.1, 0.15) is 28.4 Å². The summed E-state index contributed by atoms with van der Waals surface area (Å²) >= 11 is 0. The highest BCUT2D eigenvalue weighted by Gasteiger charge is 2.15. The van der Waals surface area contributed by atoms with Crippen molar-refractivity contribution >= 4 is 16.9 Å². The molecule has 2 N–H and O–H groups in total. The van der Waals surface area contributed by atoms with Crippen LogP contribution in [-0.2, 0) is 4.79 Å². The highest BCUT2D eigenvalue weighted by Crippen LogP contribution is 2.30. The van der Waals surface area contributed by atoms with Gasteiger partial charge in [0, 0.05) is 12.1 Å². The second-order valence-corrected chi connectivity index (χ2v) is 6.79. The van der Waals surface area contributed by atoms with Crippen molar-refractivity contribution in [2.24, 2.45) is 0 Å². The SMILES string of the molecule is Cc1cc(OCC(=O)NC[C@H](O)c2ccccc2)c2c(C)c(C)c(=O)oc2c1. The van der Waals surface area contributed by atoms with Crippen LogP contribution in [0.3, 0.4) is 0 Å². The lowest BCUT2D eigenvalue weighted by atomic mass is 10.0. The summed E-state index contributed by atoms with van der Waals surface area (Å²) in [7, 11) is 0. The topological polar surface area (TPSA) is 88.8 Å². The Hall–Kier alpha value is -3.12. The monoisotopic (exact) mass is 381 g/mol. The Bertz CT molecular complexity index is 1060. The van der Waals surface area contributed by atoms with Crippen molar-refractivity contribution in [3.63, 3.8) is 0 Å². The predicted molar refractivity (Wildman–Crippen MR) is 107 cm³/mol. The number of ether oxygens (including phenoxy) is 1. The molecule has 6 heteroatoms. The van der Waals surface area contributed by atoms with Crippen LogP contribution in [0.15, 0.2) is 51.7 Å². The van der Waals surface area contributed by atoms with Gasteiger partial charge in [-0.05, 0) is 49.6 Å². The van der Waals surface area contributed by atoms with Gasteiger partial charge in [-0.3, -0.25) is 4.79 Å². The third-order valence-electron chi connectivity index (χ3n) is 4.69. The molecule has 0 aliphatic rings. The van der Waals surface area contributed by atoms with Crippen LogP contribution in [0.2, 0.25) is 0 Å². The molecule has 0 aliphatic carbocycles. The third kappa shape index (κ3) is 4.23. The molecule has 1 atom stereocenters. The summed E-state index contributed by atoms with van der Waals surface area (Å²) in [4.78, 5) is 24.1. The van der Waals surface area contributed by atoms with E-state index in [1.54, 1.807) is 31.2 Å². The zero-order valence-corrected chi connectivity index (χ0v) is 16.1. The van der Waals surface area contributed by atoms with Crippen molar-refractivity contribution in [3.8, 4) is 5.75 Å². The van der Waals surface area contributed by atoms with Crippen LogP contribution < -0.4 is 15.7 Å². The van der Waals surface area contributed by atoms with Gasteiger partial charge in [0.1, 0.15) is 11.3 Å². The summed E-state index contributed by atoms with van der Waals surface area (Å²) < 4.78 is 11.1. The molecule has 0 fully saturated rings. The van der Waals surface area contributed by atoms with E-state index in [1.807, 2.05) is 32.0 Å². The maximum atomic E-state index is 12.2. The van der Waals surface area contributed by atoms with E-state index in [0.29, 0.717) is 22.3 Å². The van der Waals surface area contributed by atoms with Gasteiger partial charge in [-0.2, -0.15) is 0 Å². The molecule has 1 heterocycles. The van der Waals surface area contributed by atoms with Gasteiger partial charge in [0.25, 0.3) is 5.91 Å². The molecular formula is C22H23NO5. The molecule has 3 aromatic rings. The zero-order valence-electron chi connectivity index (χ0n) is 16.1. The van der Waals surface area contributed by atoms with E-state index in [1.165, 1.54) is 0 Å². The Kier molecular flexibility index (Phi) is 5.80. The number of hydrogen-bond donors (Lipinski definition) is 2. The fraction of sp³-hybridized carbons (Fsp3) is 0.273. The van der Waals surface area contributed by atoms with Gasteiger partial charge in [-0.15, -0.1) is 0 Å². The maximum Gasteiger partial charge on any atom is 0.339 e. The highest BCUT2D eigenvalue weighted by atomic mass is 16.5. The number of aliphatic hydroxyl groups is 1. The second-order valence-electron chi connectivity index (χ2n) is 6.79. The Morgan fingerprint density at radius 2 is 1.86 bits per heavy atom. The van der Waals surface area contributed by atoms with Crippen molar-refractivity contribution in [1.82, 2.24) is 5.32 Å².